The molecule has 0 radical (unpaired) electrons. The number of hydrogen-bond acceptors (Lipinski definition) is 4. The maximum absolute atomic E-state index is 14.1. The number of ether oxygens (including phenoxy) is 1. The van der Waals surface area contributed by atoms with Crippen LogP contribution in [0.1, 0.15) is 60.9 Å². The molecule has 0 N–H and O–H groups in total. The van der Waals surface area contributed by atoms with Crippen molar-refractivity contribution in [1.82, 2.24) is 4.98 Å². The highest BCUT2D eigenvalue weighted by molar-refractivity contribution is 5.98. The van der Waals surface area contributed by atoms with Crippen molar-refractivity contribution in [3.8, 4) is 5.88 Å². The van der Waals surface area contributed by atoms with Crippen LogP contribution in [0.3, 0.4) is 0 Å². The Labute approximate surface area is 203 Å². The SMILES string of the molecule is COc1ccc2c(n1)C(C(=O)N(Cc1ccc(N(C)C)cc1)c1ccc(C(C)C)cc1)CCC2. The van der Waals surface area contributed by atoms with Gasteiger partial charge in [-0.2, -0.15) is 0 Å². The van der Waals surface area contributed by atoms with E-state index in [1.54, 1.807) is 7.11 Å². The maximum atomic E-state index is 14.1. The summed E-state index contributed by atoms with van der Waals surface area (Å²) in [5.74, 6) is 0.824. The molecule has 1 amide bonds. The largest absolute Gasteiger partial charge is 0.481 e. The number of carbonyl (C=O) groups is 1. The van der Waals surface area contributed by atoms with Crippen molar-refractivity contribution < 1.29 is 9.53 Å². The van der Waals surface area contributed by atoms with Crippen LogP contribution in [0.4, 0.5) is 11.4 Å². The molecule has 0 saturated heterocycles. The zero-order chi connectivity index (χ0) is 24.2. The van der Waals surface area contributed by atoms with Gasteiger partial charge in [0.2, 0.25) is 11.8 Å². The average Bonchev–Trinajstić information content (AvgIpc) is 2.86. The highest BCUT2D eigenvalue weighted by atomic mass is 16.5. The normalized spacial score (nSPS) is 15.1. The number of benzene rings is 2. The molecular formula is C29H35N3O2. The highest BCUT2D eigenvalue weighted by Gasteiger charge is 2.32. The molecule has 1 unspecified atom stereocenters. The second kappa shape index (κ2) is 10.3. The fourth-order valence-corrected chi connectivity index (χ4v) is 4.59. The minimum atomic E-state index is -0.273. The molecule has 1 aliphatic carbocycles. The Morgan fingerprint density at radius 1 is 1.00 bits per heavy atom. The van der Waals surface area contributed by atoms with Crippen LogP contribution >= 0.6 is 0 Å². The topological polar surface area (TPSA) is 45.7 Å². The van der Waals surface area contributed by atoms with E-state index in [4.69, 9.17) is 9.72 Å². The van der Waals surface area contributed by atoms with Gasteiger partial charge >= 0.3 is 0 Å². The van der Waals surface area contributed by atoms with Crippen LogP contribution in [-0.4, -0.2) is 32.1 Å². The summed E-state index contributed by atoms with van der Waals surface area (Å²) >= 11 is 0. The predicted molar refractivity (Wildman–Crippen MR) is 139 cm³/mol. The fourth-order valence-electron chi connectivity index (χ4n) is 4.59. The second-order valence-corrected chi connectivity index (χ2v) is 9.57. The molecule has 4 rings (SSSR count). The summed E-state index contributed by atoms with van der Waals surface area (Å²) in [6, 6.07) is 20.8. The number of rotatable bonds is 7. The third-order valence-corrected chi connectivity index (χ3v) is 6.69. The lowest BCUT2D eigenvalue weighted by Crippen LogP contribution is -2.36. The first-order valence-corrected chi connectivity index (χ1v) is 12.1. The Kier molecular flexibility index (Phi) is 7.20. The van der Waals surface area contributed by atoms with Gasteiger partial charge in [-0.05, 0) is 66.1 Å². The smallest absolute Gasteiger partial charge is 0.236 e. The Hall–Kier alpha value is -3.34. The van der Waals surface area contributed by atoms with Gasteiger partial charge in [-0.15, -0.1) is 0 Å². The van der Waals surface area contributed by atoms with Gasteiger partial charge in [-0.25, -0.2) is 4.98 Å². The van der Waals surface area contributed by atoms with Crippen molar-refractivity contribution in [2.45, 2.75) is 51.5 Å². The summed E-state index contributed by atoms with van der Waals surface area (Å²) in [4.78, 5) is 22.8. The first-order valence-electron chi connectivity index (χ1n) is 12.1. The molecule has 178 valence electrons. The molecule has 0 aliphatic heterocycles. The van der Waals surface area contributed by atoms with Gasteiger partial charge in [0.05, 0.1) is 25.3 Å². The van der Waals surface area contributed by atoms with Crippen LogP contribution in [-0.2, 0) is 17.8 Å². The van der Waals surface area contributed by atoms with Crippen LogP contribution in [0.2, 0.25) is 0 Å². The van der Waals surface area contributed by atoms with Crippen LogP contribution in [0, 0.1) is 0 Å². The number of pyridine rings is 1. The minimum Gasteiger partial charge on any atom is -0.481 e. The molecule has 0 fully saturated rings. The van der Waals surface area contributed by atoms with Gasteiger partial charge in [-0.3, -0.25) is 4.79 Å². The summed E-state index contributed by atoms with van der Waals surface area (Å²) in [5, 5.41) is 0. The zero-order valence-corrected chi connectivity index (χ0v) is 20.9. The molecule has 1 heterocycles. The van der Waals surface area contributed by atoms with Gasteiger partial charge in [0.15, 0.2) is 0 Å². The van der Waals surface area contributed by atoms with Crippen molar-refractivity contribution in [1.29, 1.82) is 0 Å². The quantitative estimate of drug-likeness (QED) is 0.441. The summed E-state index contributed by atoms with van der Waals surface area (Å²) in [6.45, 7) is 4.88. The van der Waals surface area contributed by atoms with Gasteiger partial charge in [0.1, 0.15) is 0 Å². The number of fused-ring (bicyclic) bond motifs is 1. The van der Waals surface area contributed by atoms with Crippen LogP contribution in [0.25, 0.3) is 0 Å². The number of carbonyl (C=O) groups excluding carboxylic acids is 1. The molecule has 0 spiro atoms. The first kappa shape index (κ1) is 23.8. The third kappa shape index (κ3) is 5.09. The van der Waals surface area contributed by atoms with Crippen molar-refractivity contribution in [2.75, 3.05) is 31.0 Å². The summed E-state index contributed by atoms with van der Waals surface area (Å²) in [6.07, 6.45) is 2.73. The van der Waals surface area contributed by atoms with E-state index >= 15 is 0 Å². The first-order chi connectivity index (χ1) is 16.4. The van der Waals surface area contributed by atoms with Gasteiger partial charge in [0.25, 0.3) is 0 Å². The molecule has 1 atom stereocenters. The number of aryl methyl sites for hydroxylation is 1. The molecule has 1 aromatic heterocycles. The van der Waals surface area contributed by atoms with E-state index in [1.165, 1.54) is 5.56 Å². The Morgan fingerprint density at radius 2 is 1.68 bits per heavy atom. The van der Waals surface area contributed by atoms with E-state index in [-0.39, 0.29) is 11.8 Å². The van der Waals surface area contributed by atoms with Crippen molar-refractivity contribution in [3.05, 3.63) is 83.0 Å². The lowest BCUT2D eigenvalue weighted by atomic mass is 9.85. The number of amides is 1. The van der Waals surface area contributed by atoms with Crippen molar-refractivity contribution >= 4 is 17.3 Å². The number of nitrogens with zero attached hydrogens (tertiary/aromatic N) is 3. The van der Waals surface area contributed by atoms with E-state index in [1.807, 2.05) is 25.1 Å². The van der Waals surface area contributed by atoms with E-state index in [2.05, 4.69) is 73.3 Å². The predicted octanol–water partition coefficient (Wildman–Crippen LogP) is 5.93. The monoisotopic (exact) mass is 457 g/mol. The molecule has 3 aromatic rings. The Morgan fingerprint density at radius 3 is 2.29 bits per heavy atom. The molecule has 2 aromatic carbocycles. The zero-order valence-electron chi connectivity index (χ0n) is 20.9. The van der Waals surface area contributed by atoms with Gasteiger partial charge in [-0.1, -0.05) is 44.2 Å². The van der Waals surface area contributed by atoms with Gasteiger partial charge in [0, 0.05) is 31.5 Å². The lowest BCUT2D eigenvalue weighted by Gasteiger charge is -2.31. The Bertz CT molecular complexity index is 1120. The molecular weight excluding hydrogens is 422 g/mol. The lowest BCUT2D eigenvalue weighted by molar-refractivity contribution is -0.120. The molecule has 1 aliphatic rings. The fraction of sp³-hybridized carbons (Fsp3) is 0.379. The van der Waals surface area contributed by atoms with E-state index in [0.29, 0.717) is 18.3 Å². The standard InChI is InChI=1S/C29H35N3O2/c1-20(2)22-11-16-25(17-12-22)32(19-21-9-14-24(15-10-21)31(3)4)29(33)26-8-6-7-23-13-18-27(34-5)30-28(23)26/h9-18,20,26H,6-8,19H2,1-5H3. The van der Waals surface area contributed by atoms with E-state index in [9.17, 15) is 4.79 Å². The summed E-state index contributed by atoms with van der Waals surface area (Å²) < 4.78 is 5.38. The maximum Gasteiger partial charge on any atom is 0.236 e. The van der Waals surface area contributed by atoms with Crippen LogP contribution in [0.15, 0.2) is 60.7 Å². The Balaban J connectivity index is 1.70. The van der Waals surface area contributed by atoms with Crippen LogP contribution in [0.5, 0.6) is 5.88 Å². The molecule has 0 saturated carbocycles. The van der Waals surface area contributed by atoms with Crippen molar-refractivity contribution in [3.63, 3.8) is 0 Å². The molecule has 5 heteroatoms. The molecule has 0 bridgehead atoms. The third-order valence-electron chi connectivity index (χ3n) is 6.69. The summed E-state index contributed by atoms with van der Waals surface area (Å²) in [5.41, 5.74) is 6.43. The van der Waals surface area contributed by atoms with Gasteiger partial charge < -0.3 is 14.5 Å². The minimum absolute atomic E-state index is 0.0932. The molecule has 34 heavy (non-hydrogen) atoms. The number of hydrogen-bond donors (Lipinski definition) is 0. The average molecular weight is 458 g/mol. The second-order valence-electron chi connectivity index (χ2n) is 9.57. The van der Waals surface area contributed by atoms with Crippen molar-refractivity contribution in [2.24, 2.45) is 0 Å². The highest BCUT2D eigenvalue weighted by Crippen LogP contribution is 2.35. The summed E-state index contributed by atoms with van der Waals surface area (Å²) in [7, 11) is 5.68. The number of anilines is 2. The molecule has 5 nitrogen and oxygen atoms in total. The number of aromatic nitrogens is 1. The van der Waals surface area contributed by atoms with Crippen LogP contribution < -0.4 is 14.5 Å². The number of methoxy groups -OCH3 is 1. The van der Waals surface area contributed by atoms with E-state index < -0.39 is 0 Å². The van der Waals surface area contributed by atoms with E-state index in [0.717, 1.165) is 47.5 Å².